The van der Waals surface area contributed by atoms with E-state index in [9.17, 15) is 9.18 Å². The van der Waals surface area contributed by atoms with Crippen molar-refractivity contribution in [3.8, 4) is 5.75 Å². The molecule has 19 heavy (non-hydrogen) atoms. The van der Waals surface area contributed by atoms with Crippen LogP contribution in [0.2, 0.25) is 0 Å². The van der Waals surface area contributed by atoms with Crippen LogP contribution in [0.25, 0.3) is 0 Å². The minimum Gasteiger partial charge on any atom is -0.486 e. The Morgan fingerprint density at radius 3 is 2.79 bits per heavy atom. The maximum Gasteiger partial charge on any atom is 0.170 e. The van der Waals surface area contributed by atoms with E-state index in [0.29, 0.717) is 17.9 Å². The number of halogens is 1. The molecule has 2 atom stereocenters. The SMILES string of the molecule is CC1(C)OCC([C@@H]2CC(=O)c3cc(F)ccc3O2)O1. The van der Waals surface area contributed by atoms with Crippen LogP contribution in [-0.4, -0.2) is 30.4 Å². The zero-order chi connectivity index (χ0) is 13.6. The molecule has 5 heteroatoms. The molecule has 0 bridgehead atoms. The largest absolute Gasteiger partial charge is 0.486 e. The molecule has 0 aliphatic carbocycles. The highest BCUT2D eigenvalue weighted by molar-refractivity contribution is 5.99. The van der Waals surface area contributed by atoms with Crippen LogP contribution in [0.15, 0.2) is 18.2 Å². The summed E-state index contributed by atoms with van der Waals surface area (Å²) in [6, 6.07) is 3.98. The van der Waals surface area contributed by atoms with Crippen LogP contribution < -0.4 is 4.74 Å². The van der Waals surface area contributed by atoms with Gasteiger partial charge in [0, 0.05) is 0 Å². The fourth-order valence-electron chi connectivity index (χ4n) is 2.43. The normalized spacial score (nSPS) is 28.9. The molecule has 4 nitrogen and oxygen atoms in total. The molecule has 1 fully saturated rings. The minimum absolute atomic E-state index is 0.126. The van der Waals surface area contributed by atoms with E-state index in [0.717, 1.165) is 0 Å². The molecule has 1 aromatic carbocycles. The molecule has 1 aromatic rings. The fraction of sp³-hybridized carbons (Fsp3) is 0.500. The van der Waals surface area contributed by atoms with Gasteiger partial charge in [0.1, 0.15) is 23.8 Å². The Balaban J connectivity index is 1.82. The molecule has 2 aliphatic rings. The number of carbonyl (C=O) groups is 1. The minimum atomic E-state index is -0.653. The zero-order valence-electron chi connectivity index (χ0n) is 10.8. The molecule has 0 amide bonds. The summed E-state index contributed by atoms with van der Waals surface area (Å²) in [7, 11) is 0. The van der Waals surface area contributed by atoms with Crippen molar-refractivity contribution in [2.24, 2.45) is 0 Å². The average molecular weight is 266 g/mol. The van der Waals surface area contributed by atoms with Crippen LogP contribution in [0.3, 0.4) is 0 Å². The van der Waals surface area contributed by atoms with E-state index in [2.05, 4.69) is 0 Å². The van der Waals surface area contributed by atoms with Gasteiger partial charge in [-0.05, 0) is 32.0 Å². The van der Waals surface area contributed by atoms with Crippen LogP contribution in [0.5, 0.6) is 5.75 Å². The third kappa shape index (κ3) is 2.35. The lowest BCUT2D eigenvalue weighted by atomic mass is 9.98. The Hall–Kier alpha value is -1.46. The Morgan fingerprint density at radius 1 is 1.32 bits per heavy atom. The van der Waals surface area contributed by atoms with Gasteiger partial charge in [-0.15, -0.1) is 0 Å². The number of Topliss-reactive ketones (excluding diaryl/α,β-unsaturated/α-hetero) is 1. The highest BCUT2D eigenvalue weighted by atomic mass is 19.1. The summed E-state index contributed by atoms with van der Waals surface area (Å²) in [6.45, 7) is 4.03. The molecule has 1 saturated heterocycles. The summed E-state index contributed by atoms with van der Waals surface area (Å²) in [5.74, 6) is -0.800. The molecule has 0 spiro atoms. The quantitative estimate of drug-likeness (QED) is 0.782. The first-order valence-corrected chi connectivity index (χ1v) is 6.26. The maximum atomic E-state index is 13.1. The molecule has 2 heterocycles. The monoisotopic (exact) mass is 266 g/mol. The van der Waals surface area contributed by atoms with Crippen molar-refractivity contribution in [1.82, 2.24) is 0 Å². The predicted molar refractivity (Wildman–Crippen MR) is 64.7 cm³/mol. The standard InChI is InChI=1S/C14H15FO4/c1-14(2)17-7-13(19-14)12-6-10(16)9-5-8(15)3-4-11(9)18-12/h3-5,12-13H,6-7H2,1-2H3/t12-,13?/m0/s1. The summed E-state index contributed by atoms with van der Waals surface area (Å²) in [5, 5.41) is 0. The van der Waals surface area contributed by atoms with Crippen molar-refractivity contribution in [3.05, 3.63) is 29.6 Å². The van der Waals surface area contributed by atoms with Gasteiger partial charge in [0.05, 0.1) is 18.6 Å². The Morgan fingerprint density at radius 2 is 2.11 bits per heavy atom. The molecule has 102 valence electrons. The van der Waals surface area contributed by atoms with E-state index >= 15 is 0 Å². The van der Waals surface area contributed by atoms with Crippen molar-refractivity contribution in [2.75, 3.05) is 6.61 Å². The van der Waals surface area contributed by atoms with Gasteiger partial charge >= 0.3 is 0 Å². The summed E-state index contributed by atoms with van der Waals surface area (Å²) in [4.78, 5) is 12.0. The van der Waals surface area contributed by atoms with Gasteiger partial charge in [0.15, 0.2) is 11.6 Å². The summed E-state index contributed by atoms with van der Waals surface area (Å²) in [5.41, 5.74) is 0.300. The lowest BCUT2D eigenvalue weighted by Gasteiger charge is -2.29. The van der Waals surface area contributed by atoms with Crippen molar-refractivity contribution >= 4 is 5.78 Å². The number of ether oxygens (including phenoxy) is 3. The zero-order valence-corrected chi connectivity index (χ0v) is 10.8. The highest BCUT2D eigenvalue weighted by Crippen LogP contribution is 2.33. The van der Waals surface area contributed by atoms with Gasteiger partial charge in [-0.2, -0.15) is 0 Å². The number of fused-ring (bicyclic) bond motifs is 1. The predicted octanol–water partition coefficient (Wildman–Crippen LogP) is 2.31. The van der Waals surface area contributed by atoms with E-state index in [1.54, 1.807) is 0 Å². The van der Waals surface area contributed by atoms with Gasteiger partial charge in [-0.1, -0.05) is 0 Å². The van der Waals surface area contributed by atoms with Crippen LogP contribution in [0.1, 0.15) is 30.6 Å². The second-order valence-electron chi connectivity index (χ2n) is 5.29. The number of carbonyl (C=O) groups excluding carboxylic acids is 1. The third-order valence-corrected chi connectivity index (χ3v) is 3.35. The third-order valence-electron chi connectivity index (χ3n) is 3.35. The smallest absolute Gasteiger partial charge is 0.170 e. The van der Waals surface area contributed by atoms with Crippen molar-refractivity contribution in [3.63, 3.8) is 0 Å². The first-order chi connectivity index (χ1) is 8.94. The number of ketones is 1. The van der Waals surface area contributed by atoms with Gasteiger partial charge < -0.3 is 14.2 Å². The van der Waals surface area contributed by atoms with Crippen LogP contribution >= 0.6 is 0 Å². The topological polar surface area (TPSA) is 44.8 Å². The molecule has 0 N–H and O–H groups in total. The number of rotatable bonds is 1. The number of benzene rings is 1. The van der Waals surface area contributed by atoms with Gasteiger partial charge in [0.25, 0.3) is 0 Å². The molecule has 3 rings (SSSR count). The van der Waals surface area contributed by atoms with Gasteiger partial charge in [-0.25, -0.2) is 4.39 Å². The molecule has 2 aliphatic heterocycles. The summed E-state index contributed by atoms with van der Waals surface area (Å²) in [6.07, 6.45) is -0.481. The lowest BCUT2D eigenvalue weighted by molar-refractivity contribution is -0.149. The summed E-state index contributed by atoms with van der Waals surface area (Å²) >= 11 is 0. The second-order valence-corrected chi connectivity index (χ2v) is 5.29. The lowest BCUT2D eigenvalue weighted by Crippen LogP contribution is -2.39. The van der Waals surface area contributed by atoms with E-state index in [1.807, 2.05) is 13.8 Å². The Labute approximate surface area is 110 Å². The Bertz CT molecular complexity index is 526. The van der Waals surface area contributed by atoms with Crippen LogP contribution in [0.4, 0.5) is 4.39 Å². The fourth-order valence-corrected chi connectivity index (χ4v) is 2.43. The highest BCUT2D eigenvalue weighted by Gasteiger charge is 2.41. The van der Waals surface area contributed by atoms with Gasteiger partial charge in [0.2, 0.25) is 0 Å². The van der Waals surface area contributed by atoms with Crippen molar-refractivity contribution < 1.29 is 23.4 Å². The van der Waals surface area contributed by atoms with E-state index in [1.165, 1.54) is 18.2 Å². The van der Waals surface area contributed by atoms with Crippen LogP contribution in [0, 0.1) is 5.82 Å². The second kappa shape index (κ2) is 4.28. The maximum absolute atomic E-state index is 13.1. The molecular formula is C14H15FO4. The van der Waals surface area contributed by atoms with E-state index in [-0.39, 0.29) is 24.4 Å². The summed E-state index contributed by atoms with van der Waals surface area (Å²) < 4.78 is 30.0. The number of hydrogen-bond donors (Lipinski definition) is 0. The number of hydrogen-bond acceptors (Lipinski definition) is 4. The molecule has 0 aromatic heterocycles. The van der Waals surface area contributed by atoms with Crippen molar-refractivity contribution in [1.29, 1.82) is 0 Å². The van der Waals surface area contributed by atoms with E-state index < -0.39 is 11.6 Å². The Kier molecular flexibility index (Phi) is 2.83. The molecule has 1 unspecified atom stereocenters. The molecule has 0 saturated carbocycles. The molecular weight excluding hydrogens is 251 g/mol. The first kappa shape index (κ1) is 12.6. The van der Waals surface area contributed by atoms with Gasteiger partial charge in [-0.3, -0.25) is 4.79 Å². The molecule has 0 radical (unpaired) electrons. The average Bonchev–Trinajstić information content (AvgIpc) is 2.70. The van der Waals surface area contributed by atoms with E-state index in [4.69, 9.17) is 14.2 Å². The van der Waals surface area contributed by atoms with Crippen LogP contribution in [-0.2, 0) is 9.47 Å². The van der Waals surface area contributed by atoms with Crippen molar-refractivity contribution in [2.45, 2.75) is 38.3 Å². The first-order valence-electron chi connectivity index (χ1n) is 6.26.